The highest BCUT2D eigenvalue weighted by Gasteiger charge is 2.44. The molecule has 1 aromatic carbocycles. The number of alkyl halides is 3. The van der Waals surface area contributed by atoms with E-state index >= 15 is 0 Å². The third kappa shape index (κ3) is 4.11. The number of likely N-dealkylation sites (tertiary alicyclic amines) is 1. The first-order valence-electron chi connectivity index (χ1n) is 6.35. The van der Waals surface area contributed by atoms with Crippen LogP contribution in [-0.4, -0.2) is 42.1 Å². The largest absolute Gasteiger partial charge is 0.471 e. The van der Waals surface area contributed by atoms with Gasteiger partial charge in [0.25, 0.3) is 0 Å². The topological polar surface area (TPSA) is 61.4 Å². The molecule has 0 unspecified atom stereocenters. The Morgan fingerprint density at radius 1 is 1.19 bits per heavy atom. The molecule has 1 saturated heterocycles. The molecule has 0 bridgehead atoms. The molecule has 1 atom stereocenters. The predicted octanol–water partition coefficient (Wildman–Crippen LogP) is 1.97. The SMILES string of the molecule is O=C(Nc1ccccc1)N[C@@H]1CCN(C(=O)C(F)(F)F)C1. The lowest BCUT2D eigenvalue weighted by Gasteiger charge is -2.18. The van der Waals surface area contributed by atoms with Crippen LogP contribution in [0.4, 0.5) is 23.7 Å². The van der Waals surface area contributed by atoms with E-state index in [2.05, 4.69) is 10.6 Å². The van der Waals surface area contributed by atoms with Gasteiger partial charge in [-0.1, -0.05) is 18.2 Å². The van der Waals surface area contributed by atoms with E-state index in [0.717, 1.165) is 0 Å². The van der Waals surface area contributed by atoms with Crippen LogP contribution < -0.4 is 10.6 Å². The van der Waals surface area contributed by atoms with E-state index in [0.29, 0.717) is 17.0 Å². The second-order valence-corrected chi connectivity index (χ2v) is 4.70. The third-order valence-electron chi connectivity index (χ3n) is 3.08. The normalized spacial score (nSPS) is 18.4. The lowest BCUT2D eigenvalue weighted by atomic mass is 10.3. The maximum Gasteiger partial charge on any atom is 0.471 e. The Morgan fingerprint density at radius 3 is 2.48 bits per heavy atom. The van der Waals surface area contributed by atoms with Crippen molar-refractivity contribution in [3.63, 3.8) is 0 Å². The molecule has 0 saturated carbocycles. The Bertz CT molecular complexity index is 519. The molecule has 2 rings (SSSR count). The van der Waals surface area contributed by atoms with Crippen molar-refractivity contribution in [2.24, 2.45) is 0 Å². The summed E-state index contributed by atoms with van der Waals surface area (Å²) in [5.41, 5.74) is 0.580. The highest BCUT2D eigenvalue weighted by molar-refractivity contribution is 5.89. The van der Waals surface area contributed by atoms with Gasteiger partial charge >= 0.3 is 18.1 Å². The summed E-state index contributed by atoms with van der Waals surface area (Å²) >= 11 is 0. The van der Waals surface area contributed by atoms with E-state index in [1.807, 2.05) is 0 Å². The van der Waals surface area contributed by atoms with E-state index in [9.17, 15) is 22.8 Å². The molecule has 1 fully saturated rings. The number of anilines is 1. The van der Waals surface area contributed by atoms with Gasteiger partial charge in [0.05, 0.1) is 0 Å². The molecule has 8 heteroatoms. The van der Waals surface area contributed by atoms with Crippen LogP contribution in [0.5, 0.6) is 0 Å². The fourth-order valence-corrected chi connectivity index (χ4v) is 2.12. The van der Waals surface area contributed by atoms with Crippen LogP contribution in [0.3, 0.4) is 0 Å². The zero-order valence-corrected chi connectivity index (χ0v) is 11.0. The number of para-hydroxylation sites is 1. The van der Waals surface area contributed by atoms with Crippen molar-refractivity contribution in [1.29, 1.82) is 0 Å². The summed E-state index contributed by atoms with van der Waals surface area (Å²) in [6.45, 7) is -0.158. The number of hydrogen-bond donors (Lipinski definition) is 2. The van der Waals surface area contributed by atoms with Crippen LogP contribution in [0.2, 0.25) is 0 Å². The number of halogens is 3. The van der Waals surface area contributed by atoms with Crippen molar-refractivity contribution in [2.45, 2.75) is 18.6 Å². The highest BCUT2D eigenvalue weighted by Crippen LogP contribution is 2.21. The summed E-state index contributed by atoms with van der Waals surface area (Å²) in [5, 5.41) is 5.12. The zero-order valence-electron chi connectivity index (χ0n) is 11.0. The maximum atomic E-state index is 12.3. The number of amides is 3. The molecule has 1 aliphatic rings. The molecule has 0 aromatic heterocycles. The van der Waals surface area contributed by atoms with E-state index in [1.54, 1.807) is 30.3 Å². The van der Waals surface area contributed by atoms with Crippen molar-refractivity contribution < 1.29 is 22.8 Å². The van der Waals surface area contributed by atoms with Crippen molar-refractivity contribution in [3.05, 3.63) is 30.3 Å². The predicted molar refractivity (Wildman–Crippen MR) is 69.6 cm³/mol. The van der Waals surface area contributed by atoms with Crippen LogP contribution in [0, 0.1) is 0 Å². The molecular weight excluding hydrogens is 287 g/mol. The number of nitrogens with zero attached hydrogens (tertiary/aromatic N) is 1. The highest BCUT2D eigenvalue weighted by atomic mass is 19.4. The summed E-state index contributed by atoms with van der Waals surface area (Å²) in [5.74, 6) is -1.87. The molecule has 1 aromatic rings. The second kappa shape index (κ2) is 6.02. The fourth-order valence-electron chi connectivity index (χ4n) is 2.12. The molecule has 1 heterocycles. The molecule has 1 aliphatic heterocycles. The Labute approximate surface area is 119 Å². The molecule has 21 heavy (non-hydrogen) atoms. The third-order valence-corrected chi connectivity index (χ3v) is 3.08. The number of benzene rings is 1. The van der Waals surface area contributed by atoms with Crippen LogP contribution in [0.1, 0.15) is 6.42 Å². The van der Waals surface area contributed by atoms with Crippen molar-refractivity contribution in [2.75, 3.05) is 18.4 Å². The zero-order chi connectivity index (χ0) is 15.5. The first kappa shape index (κ1) is 15.1. The summed E-state index contributed by atoms with van der Waals surface area (Å²) in [6.07, 6.45) is -4.58. The number of hydrogen-bond acceptors (Lipinski definition) is 2. The molecule has 3 amide bonds. The van der Waals surface area contributed by atoms with E-state index in [4.69, 9.17) is 0 Å². The Balaban J connectivity index is 1.83. The summed E-state index contributed by atoms with van der Waals surface area (Å²) in [6, 6.07) is 7.67. The molecule has 114 valence electrons. The molecule has 5 nitrogen and oxygen atoms in total. The molecular formula is C13H14F3N3O2. The van der Waals surface area contributed by atoms with Gasteiger partial charge in [-0.3, -0.25) is 4.79 Å². The first-order valence-corrected chi connectivity index (χ1v) is 6.35. The summed E-state index contributed by atoms with van der Waals surface area (Å²) < 4.78 is 36.9. The second-order valence-electron chi connectivity index (χ2n) is 4.70. The van der Waals surface area contributed by atoms with Crippen LogP contribution in [-0.2, 0) is 4.79 Å². The average molecular weight is 301 g/mol. The van der Waals surface area contributed by atoms with Gasteiger partial charge < -0.3 is 15.5 Å². The number of urea groups is 1. The Hall–Kier alpha value is -2.25. The van der Waals surface area contributed by atoms with E-state index in [-0.39, 0.29) is 13.1 Å². The quantitative estimate of drug-likeness (QED) is 0.877. The standard InChI is InChI=1S/C13H14F3N3O2/c14-13(15,16)11(20)19-7-6-10(8-19)18-12(21)17-9-4-2-1-3-5-9/h1-5,10H,6-8H2,(H2,17,18,21)/t10-/m1/s1. The minimum Gasteiger partial charge on any atom is -0.333 e. The van der Waals surface area contributed by atoms with Gasteiger partial charge in [0.2, 0.25) is 0 Å². The van der Waals surface area contributed by atoms with Gasteiger partial charge in [0, 0.05) is 24.8 Å². The van der Waals surface area contributed by atoms with Crippen molar-refractivity contribution >= 4 is 17.6 Å². The molecule has 0 aliphatic carbocycles. The van der Waals surface area contributed by atoms with Gasteiger partial charge in [-0.25, -0.2) is 4.79 Å². The van der Waals surface area contributed by atoms with Crippen molar-refractivity contribution in [3.8, 4) is 0 Å². The van der Waals surface area contributed by atoms with Crippen LogP contribution in [0.25, 0.3) is 0 Å². The van der Waals surface area contributed by atoms with Crippen molar-refractivity contribution in [1.82, 2.24) is 10.2 Å². The number of carbonyl (C=O) groups excluding carboxylic acids is 2. The summed E-state index contributed by atoms with van der Waals surface area (Å²) in [7, 11) is 0. The molecule has 0 spiro atoms. The minimum atomic E-state index is -4.87. The smallest absolute Gasteiger partial charge is 0.333 e. The van der Waals surface area contributed by atoms with E-state index < -0.39 is 24.2 Å². The lowest BCUT2D eigenvalue weighted by Crippen LogP contribution is -2.43. The van der Waals surface area contributed by atoms with Gasteiger partial charge in [-0.2, -0.15) is 13.2 Å². The van der Waals surface area contributed by atoms with Gasteiger partial charge in [-0.05, 0) is 18.6 Å². The molecule has 2 N–H and O–H groups in total. The van der Waals surface area contributed by atoms with E-state index in [1.165, 1.54) is 0 Å². The Morgan fingerprint density at radius 2 is 1.86 bits per heavy atom. The summed E-state index contributed by atoms with van der Waals surface area (Å²) in [4.78, 5) is 23.5. The average Bonchev–Trinajstić information content (AvgIpc) is 2.86. The van der Waals surface area contributed by atoms with Crippen LogP contribution in [0.15, 0.2) is 30.3 Å². The number of rotatable bonds is 2. The monoisotopic (exact) mass is 301 g/mol. The number of nitrogens with one attached hydrogen (secondary N) is 2. The Kier molecular flexibility index (Phi) is 4.35. The van der Waals surface area contributed by atoms with Gasteiger partial charge in [0.15, 0.2) is 0 Å². The fraction of sp³-hybridized carbons (Fsp3) is 0.385. The van der Waals surface area contributed by atoms with Crippen LogP contribution >= 0.6 is 0 Å². The number of carbonyl (C=O) groups is 2. The molecule has 0 radical (unpaired) electrons. The maximum absolute atomic E-state index is 12.3. The van der Waals surface area contributed by atoms with Gasteiger partial charge in [0.1, 0.15) is 0 Å². The lowest BCUT2D eigenvalue weighted by molar-refractivity contribution is -0.184. The minimum absolute atomic E-state index is 0.0192. The van der Waals surface area contributed by atoms with Gasteiger partial charge in [-0.15, -0.1) is 0 Å². The first-order chi connectivity index (χ1) is 9.86.